The highest BCUT2D eigenvalue weighted by Crippen LogP contribution is 2.46. The minimum Gasteiger partial charge on any atom is -0.506 e. The number of ether oxygens (including phenoxy) is 3. The van der Waals surface area contributed by atoms with Crippen molar-refractivity contribution in [3.05, 3.63) is 70.4 Å². The van der Waals surface area contributed by atoms with Crippen molar-refractivity contribution in [2.75, 3.05) is 20.8 Å². The Bertz CT molecular complexity index is 1620. The number of hydrogen-bond acceptors (Lipinski definition) is 12. The average molecular weight is 533 g/mol. The Hall–Kier alpha value is -5.04. The molecule has 0 aliphatic carbocycles. The molecule has 13 nitrogen and oxygen atoms in total. The second kappa shape index (κ2) is 11.1. The molecule has 13 heteroatoms. The molecule has 5 aromatic rings. The average Bonchev–Trinajstić information content (AvgIpc) is 3.62. The van der Waals surface area contributed by atoms with Gasteiger partial charge in [-0.3, -0.25) is 9.78 Å². The number of hydrogen-bond donors (Lipinski definition) is 2. The van der Waals surface area contributed by atoms with Crippen LogP contribution in [0.4, 0.5) is 0 Å². The summed E-state index contributed by atoms with van der Waals surface area (Å²) in [5.41, 5.74) is 0.627. The Labute approximate surface area is 221 Å². The van der Waals surface area contributed by atoms with Crippen LogP contribution in [0.25, 0.3) is 34.2 Å². The standard InChI is InChI=1S/C26H24N6O7/c1-4-37-13-15-20(21-16(35-2)9-7-10-17(21)36-3)23(33)22(24(34)28-15)26-31-30-19(38-26)12-18-29-25(39-32-18)14-8-5-6-11-27-14/h5-11H,4,12-13H2,1-3H3,(H2,28,33,34). The summed E-state index contributed by atoms with van der Waals surface area (Å²) in [6, 6.07) is 10.5. The second-order valence-corrected chi connectivity index (χ2v) is 8.11. The van der Waals surface area contributed by atoms with Crippen LogP contribution in [0, 0.1) is 0 Å². The molecule has 0 radical (unpaired) electrons. The van der Waals surface area contributed by atoms with Crippen LogP contribution in [0.5, 0.6) is 17.2 Å². The molecule has 1 aromatic carbocycles. The molecule has 0 saturated carbocycles. The normalized spacial score (nSPS) is 11.1. The second-order valence-electron chi connectivity index (χ2n) is 8.11. The molecule has 0 saturated heterocycles. The highest BCUT2D eigenvalue weighted by atomic mass is 16.5. The van der Waals surface area contributed by atoms with Gasteiger partial charge >= 0.3 is 0 Å². The molecule has 200 valence electrons. The first-order valence-corrected chi connectivity index (χ1v) is 11.9. The number of nitrogens with zero attached hydrogens (tertiary/aromatic N) is 5. The largest absolute Gasteiger partial charge is 0.506 e. The molecular weight excluding hydrogens is 508 g/mol. The van der Waals surface area contributed by atoms with Gasteiger partial charge in [0.05, 0.1) is 44.1 Å². The van der Waals surface area contributed by atoms with Crippen LogP contribution in [-0.2, 0) is 17.8 Å². The van der Waals surface area contributed by atoms with E-state index in [1.54, 1.807) is 42.6 Å². The van der Waals surface area contributed by atoms with Crippen molar-refractivity contribution in [1.29, 1.82) is 0 Å². The van der Waals surface area contributed by atoms with Gasteiger partial charge in [0, 0.05) is 12.8 Å². The van der Waals surface area contributed by atoms with E-state index < -0.39 is 11.3 Å². The van der Waals surface area contributed by atoms with E-state index in [-0.39, 0.29) is 47.7 Å². The molecule has 39 heavy (non-hydrogen) atoms. The van der Waals surface area contributed by atoms with Crippen molar-refractivity contribution in [2.45, 2.75) is 20.0 Å². The highest BCUT2D eigenvalue weighted by Gasteiger charge is 2.28. The Morgan fingerprint density at radius 3 is 2.46 bits per heavy atom. The number of nitrogens with one attached hydrogen (secondary N) is 1. The minimum atomic E-state index is -0.646. The van der Waals surface area contributed by atoms with Crippen molar-refractivity contribution in [3.63, 3.8) is 0 Å². The molecule has 0 atom stereocenters. The molecule has 0 bridgehead atoms. The van der Waals surface area contributed by atoms with Crippen molar-refractivity contribution < 1.29 is 28.3 Å². The fraction of sp³-hybridized carbons (Fsp3) is 0.231. The summed E-state index contributed by atoms with van der Waals surface area (Å²) in [6.07, 6.45) is 1.64. The molecule has 0 fully saturated rings. The van der Waals surface area contributed by atoms with E-state index in [1.807, 2.05) is 6.92 Å². The number of aromatic hydroxyl groups is 1. The van der Waals surface area contributed by atoms with E-state index in [9.17, 15) is 9.90 Å². The molecule has 0 aliphatic heterocycles. The van der Waals surface area contributed by atoms with Gasteiger partial charge in [-0.1, -0.05) is 17.3 Å². The van der Waals surface area contributed by atoms with Crippen LogP contribution >= 0.6 is 0 Å². The topological polar surface area (TPSA) is 172 Å². The number of aromatic nitrogens is 6. The van der Waals surface area contributed by atoms with Crippen molar-refractivity contribution in [2.24, 2.45) is 0 Å². The van der Waals surface area contributed by atoms with Gasteiger partial charge in [-0.2, -0.15) is 4.98 Å². The fourth-order valence-corrected chi connectivity index (χ4v) is 4.00. The van der Waals surface area contributed by atoms with Gasteiger partial charge in [0.2, 0.25) is 5.89 Å². The molecule has 0 spiro atoms. The number of rotatable bonds is 10. The summed E-state index contributed by atoms with van der Waals surface area (Å²) in [5.74, 6) is 0.834. The van der Waals surface area contributed by atoms with Crippen molar-refractivity contribution in [1.82, 2.24) is 30.3 Å². The maximum absolute atomic E-state index is 13.1. The van der Waals surface area contributed by atoms with E-state index >= 15 is 0 Å². The van der Waals surface area contributed by atoms with Gasteiger partial charge in [-0.15, -0.1) is 10.2 Å². The lowest BCUT2D eigenvalue weighted by atomic mass is 9.98. The van der Waals surface area contributed by atoms with Gasteiger partial charge in [0.25, 0.3) is 17.3 Å². The SMILES string of the molecule is CCOCc1[nH]c(=O)c(-c2nnc(Cc3noc(-c4ccccn4)n3)o2)c(O)c1-c1c(OC)cccc1OC. The number of methoxy groups -OCH3 is 2. The van der Waals surface area contributed by atoms with Crippen LogP contribution in [0.15, 0.2) is 56.3 Å². The smallest absolute Gasteiger partial charge is 0.276 e. The first kappa shape index (κ1) is 25.6. The maximum atomic E-state index is 13.1. The molecule has 0 unspecified atom stereocenters. The lowest BCUT2D eigenvalue weighted by molar-refractivity contribution is 0.131. The summed E-state index contributed by atoms with van der Waals surface area (Å²) in [6.45, 7) is 2.22. The zero-order valence-corrected chi connectivity index (χ0v) is 21.3. The van der Waals surface area contributed by atoms with E-state index in [2.05, 4.69) is 30.3 Å². The van der Waals surface area contributed by atoms with Gasteiger partial charge in [0.1, 0.15) is 28.5 Å². The molecule has 5 rings (SSSR count). The zero-order valence-electron chi connectivity index (χ0n) is 21.3. The number of pyridine rings is 2. The van der Waals surface area contributed by atoms with Crippen molar-refractivity contribution >= 4 is 0 Å². The van der Waals surface area contributed by atoms with E-state index in [0.29, 0.717) is 35.1 Å². The van der Waals surface area contributed by atoms with Crippen molar-refractivity contribution in [3.8, 4) is 51.4 Å². The van der Waals surface area contributed by atoms with Gasteiger partial charge in [-0.05, 0) is 31.2 Å². The van der Waals surface area contributed by atoms with Gasteiger partial charge < -0.3 is 33.2 Å². The third kappa shape index (κ3) is 5.07. The number of benzene rings is 1. The predicted octanol–water partition coefficient (Wildman–Crippen LogP) is 3.39. The Morgan fingerprint density at radius 2 is 1.77 bits per heavy atom. The minimum absolute atomic E-state index is 0.0155. The first-order chi connectivity index (χ1) is 19.0. The van der Waals surface area contributed by atoms with E-state index in [1.165, 1.54) is 14.2 Å². The molecule has 4 aromatic heterocycles. The Kier molecular flexibility index (Phi) is 7.32. The first-order valence-electron chi connectivity index (χ1n) is 11.9. The number of aromatic amines is 1. The third-order valence-corrected chi connectivity index (χ3v) is 5.74. The summed E-state index contributed by atoms with van der Waals surface area (Å²) >= 11 is 0. The molecule has 0 aliphatic rings. The predicted molar refractivity (Wildman–Crippen MR) is 136 cm³/mol. The summed E-state index contributed by atoms with van der Waals surface area (Å²) in [7, 11) is 2.98. The summed E-state index contributed by atoms with van der Waals surface area (Å²) < 4.78 is 27.6. The van der Waals surface area contributed by atoms with E-state index in [4.69, 9.17) is 23.2 Å². The molecule has 0 amide bonds. The van der Waals surface area contributed by atoms with Crippen LogP contribution in [0.2, 0.25) is 0 Å². The third-order valence-electron chi connectivity index (χ3n) is 5.74. The van der Waals surface area contributed by atoms with Gasteiger partial charge in [0.15, 0.2) is 5.82 Å². The quantitative estimate of drug-likeness (QED) is 0.269. The van der Waals surface area contributed by atoms with Crippen LogP contribution in [-0.4, -0.2) is 56.2 Å². The maximum Gasteiger partial charge on any atom is 0.276 e. The zero-order chi connectivity index (χ0) is 27.4. The fourth-order valence-electron chi connectivity index (χ4n) is 4.00. The molecule has 4 heterocycles. The lowest BCUT2D eigenvalue weighted by Crippen LogP contribution is -2.15. The van der Waals surface area contributed by atoms with E-state index in [0.717, 1.165) is 0 Å². The van der Waals surface area contributed by atoms with Crippen LogP contribution in [0.3, 0.4) is 0 Å². The van der Waals surface area contributed by atoms with Crippen LogP contribution in [0.1, 0.15) is 24.3 Å². The Morgan fingerprint density at radius 1 is 0.974 bits per heavy atom. The Balaban J connectivity index is 1.55. The number of H-pyrrole nitrogens is 1. The highest BCUT2D eigenvalue weighted by molar-refractivity contribution is 5.86. The molecular formula is C26H24N6O7. The lowest BCUT2D eigenvalue weighted by Gasteiger charge is -2.18. The molecule has 2 N–H and O–H groups in total. The monoisotopic (exact) mass is 532 g/mol. The summed E-state index contributed by atoms with van der Waals surface area (Å²) in [5, 5.41) is 23.4. The van der Waals surface area contributed by atoms with Crippen LogP contribution < -0.4 is 15.0 Å². The summed E-state index contributed by atoms with van der Waals surface area (Å²) in [4.78, 5) is 24.4. The van der Waals surface area contributed by atoms with Gasteiger partial charge in [-0.25, -0.2) is 0 Å².